The molecule has 0 aromatic carbocycles. The average molecular weight is 153 g/mol. The molecule has 0 radical (unpaired) electrons. The largest absolute Gasteiger partial charge is 0.481 e. The predicted octanol–water partition coefficient (Wildman–Crippen LogP) is 0.520. The number of nitrogens with two attached hydrogens (primary N) is 1. The Labute approximate surface area is 65.2 Å². The summed E-state index contributed by atoms with van der Waals surface area (Å²) in [5, 5.41) is 8.66. The van der Waals surface area contributed by atoms with E-state index in [0.717, 1.165) is 5.57 Å². The zero-order valence-electron chi connectivity index (χ0n) is 6.21. The summed E-state index contributed by atoms with van der Waals surface area (Å²) >= 11 is 0. The highest BCUT2D eigenvalue weighted by atomic mass is 16.4. The first-order valence-corrected chi connectivity index (χ1v) is 3.51. The molecule has 11 heavy (non-hydrogen) atoms. The summed E-state index contributed by atoms with van der Waals surface area (Å²) in [5.41, 5.74) is 9.21. The van der Waals surface area contributed by atoms with Gasteiger partial charge in [0.15, 0.2) is 0 Å². The van der Waals surface area contributed by atoms with Crippen LogP contribution in [0.15, 0.2) is 17.9 Å². The van der Waals surface area contributed by atoms with Crippen LogP contribution in [0.4, 0.5) is 0 Å². The third-order valence-corrected chi connectivity index (χ3v) is 2.03. The Morgan fingerprint density at radius 3 is 2.64 bits per heavy atom. The number of carbonyl (C=O) groups is 1. The number of rotatable bonds is 1. The van der Waals surface area contributed by atoms with Crippen LogP contribution in [0.1, 0.15) is 12.8 Å². The fraction of sp³-hybridized carbons (Fsp3) is 0.500. The van der Waals surface area contributed by atoms with Gasteiger partial charge in [0.2, 0.25) is 0 Å². The molecule has 0 unspecified atom stereocenters. The van der Waals surface area contributed by atoms with E-state index in [2.05, 4.69) is 12.3 Å². The maximum atomic E-state index is 10.5. The van der Waals surface area contributed by atoms with E-state index >= 15 is 0 Å². The van der Waals surface area contributed by atoms with Crippen LogP contribution in [0.5, 0.6) is 0 Å². The maximum Gasteiger partial charge on any atom is 0.308 e. The quantitative estimate of drug-likeness (QED) is 0.540. The minimum absolute atomic E-state index is 0.253. The number of carboxylic acid groups (broad SMARTS) is 1. The van der Waals surface area contributed by atoms with Crippen LogP contribution in [0.3, 0.4) is 0 Å². The van der Waals surface area contributed by atoms with Crippen molar-refractivity contribution in [2.45, 2.75) is 18.9 Å². The molecular formula is C8H11NO2. The molecule has 3 nitrogen and oxygen atoms in total. The van der Waals surface area contributed by atoms with Crippen molar-refractivity contribution in [3.05, 3.63) is 17.9 Å². The van der Waals surface area contributed by atoms with Crippen LogP contribution in [0.2, 0.25) is 0 Å². The Bertz CT molecular complexity index is 228. The molecule has 3 heteroatoms. The first-order valence-electron chi connectivity index (χ1n) is 3.51. The van der Waals surface area contributed by atoms with Crippen molar-refractivity contribution in [2.75, 3.05) is 0 Å². The van der Waals surface area contributed by atoms with Gasteiger partial charge >= 0.3 is 5.97 Å². The summed E-state index contributed by atoms with van der Waals surface area (Å²) in [6.07, 6.45) is 1.14. The molecule has 60 valence electrons. The smallest absolute Gasteiger partial charge is 0.308 e. The van der Waals surface area contributed by atoms with Crippen LogP contribution < -0.4 is 5.73 Å². The number of carboxylic acids is 1. The third kappa shape index (κ3) is 1.50. The molecule has 0 aromatic heterocycles. The van der Waals surface area contributed by atoms with Crippen LogP contribution >= 0.6 is 0 Å². The van der Waals surface area contributed by atoms with Crippen LogP contribution in [0, 0.1) is 5.92 Å². The van der Waals surface area contributed by atoms with E-state index in [4.69, 9.17) is 10.8 Å². The van der Waals surface area contributed by atoms with Crippen molar-refractivity contribution >= 4 is 5.97 Å². The Morgan fingerprint density at radius 1 is 1.73 bits per heavy atom. The van der Waals surface area contributed by atoms with Gasteiger partial charge in [-0.25, -0.2) is 0 Å². The van der Waals surface area contributed by atoms with Gasteiger partial charge in [0.05, 0.1) is 5.92 Å². The Kier molecular flexibility index (Phi) is 2.13. The zero-order chi connectivity index (χ0) is 8.43. The molecule has 0 saturated heterocycles. The van der Waals surface area contributed by atoms with Crippen LogP contribution in [0.25, 0.3) is 0 Å². The van der Waals surface area contributed by atoms with Crippen molar-refractivity contribution in [3.8, 4) is 0 Å². The van der Waals surface area contributed by atoms with Gasteiger partial charge < -0.3 is 10.8 Å². The topological polar surface area (TPSA) is 63.3 Å². The third-order valence-electron chi connectivity index (χ3n) is 2.03. The predicted molar refractivity (Wildman–Crippen MR) is 41.0 cm³/mol. The van der Waals surface area contributed by atoms with Gasteiger partial charge in [-0.2, -0.15) is 0 Å². The van der Waals surface area contributed by atoms with Gasteiger partial charge in [0.25, 0.3) is 0 Å². The molecule has 0 heterocycles. The summed E-state index contributed by atoms with van der Waals surface area (Å²) < 4.78 is 0. The van der Waals surface area contributed by atoms with E-state index < -0.39 is 11.9 Å². The van der Waals surface area contributed by atoms with Gasteiger partial charge in [-0.1, -0.05) is 6.58 Å². The van der Waals surface area contributed by atoms with E-state index in [1.54, 1.807) is 0 Å². The molecule has 0 spiro atoms. The summed E-state index contributed by atoms with van der Waals surface area (Å²) in [6, 6.07) is -0.253. The lowest BCUT2D eigenvalue weighted by atomic mass is 10.1. The van der Waals surface area contributed by atoms with Crippen molar-refractivity contribution in [1.82, 2.24) is 0 Å². The Morgan fingerprint density at radius 2 is 2.36 bits per heavy atom. The Balaban J connectivity index is 2.74. The molecule has 1 fully saturated rings. The molecule has 2 atom stereocenters. The monoisotopic (exact) mass is 153 g/mol. The zero-order valence-corrected chi connectivity index (χ0v) is 6.21. The van der Waals surface area contributed by atoms with Crippen LogP contribution in [-0.4, -0.2) is 17.1 Å². The van der Waals surface area contributed by atoms with E-state index in [1.807, 2.05) is 0 Å². The number of hydrogen-bond acceptors (Lipinski definition) is 2. The first-order chi connectivity index (χ1) is 5.15. The summed E-state index contributed by atoms with van der Waals surface area (Å²) in [7, 11) is 0. The first kappa shape index (κ1) is 8.05. The van der Waals surface area contributed by atoms with Crippen molar-refractivity contribution in [2.24, 2.45) is 11.7 Å². The standard InChI is InChI=1S/C8H11NO2/c1-2-5-3-6(8(10)11)7(9)4-5/h6-7H,1,3-4,9H2,(H,10,11)/t6-,7+/m1/s1. The summed E-state index contributed by atoms with van der Waals surface area (Å²) in [5.74, 6) is -1.25. The summed E-state index contributed by atoms with van der Waals surface area (Å²) in [6.45, 7) is 3.46. The highest BCUT2D eigenvalue weighted by Crippen LogP contribution is 2.28. The second-order valence-corrected chi connectivity index (χ2v) is 2.80. The normalized spacial score (nSPS) is 30.1. The second kappa shape index (κ2) is 2.91. The molecule has 3 N–H and O–H groups in total. The lowest BCUT2D eigenvalue weighted by molar-refractivity contribution is -0.141. The van der Waals surface area contributed by atoms with E-state index in [1.165, 1.54) is 0 Å². The van der Waals surface area contributed by atoms with Gasteiger partial charge in [0.1, 0.15) is 0 Å². The second-order valence-electron chi connectivity index (χ2n) is 2.80. The number of hydrogen-bond donors (Lipinski definition) is 2. The van der Waals surface area contributed by atoms with Gasteiger partial charge in [-0.15, -0.1) is 5.73 Å². The average Bonchev–Trinajstić information content (AvgIpc) is 2.30. The highest BCUT2D eigenvalue weighted by Gasteiger charge is 2.32. The number of aliphatic carboxylic acids is 1. The lowest BCUT2D eigenvalue weighted by Gasteiger charge is -2.06. The maximum absolute atomic E-state index is 10.5. The van der Waals surface area contributed by atoms with E-state index in [9.17, 15) is 4.79 Å². The lowest BCUT2D eigenvalue weighted by Crippen LogP contribution is -2.30. The molecule has 1 saturated carbocycles. The molecule has 0 aromatic rings. The molecule has 0 amide bonds. The molecular weight excluding hydrogens is 142 g/mol. The van der Waals surface area contributed by atoms with Gasteiger partial charge in [0, 0.05) is 6.04 Å². The van der Waals surface area contributed by atoms with E-state index in [0.29, 0.717) is 12.8 Å². The highest BCUT2D eigenvalue weighted by molar-refractivity contribution is 5.72. The molecule has 1 rings (SSSR count). The minimum Gasteiger partial charge on any atom is -0.481 e. The van der Waals surface area contributed by atoms with E-state index in [-0.39, 0.29) is 6.04 Å². The van der Waals surface area contributed by atoms with Crippen molar-refractivity contribution in [1.29, 1.82) is 0 Å². The van der Waals surface area contributed by atoms with Crippen LogP contribution in [-0.2, 0) is 4.79 Å². The molecule has 1 aliphatic carbocycles. The van der Waals surface area contributed by atoms with Gasteiger partial charge in [-0.05, 0) is 18.4 Å². The van der Waals surface area contributed by atoms with Crippen molar-refractivity contribution in [3.63, 3.8) is 0 Å². The van der Waals surface area contributed by atoms with Crippen molar-refractivity contribution < 1.29 is 9.90 Å². The minimum atomic E-state index is -0.817. The molecule has 1 aliphatic rings. The van der Waals surface area contributed by atoms with Gasteiger partial charge in [-0.3, -0.25) is 4.79 Å². The SMILES string of the molecule is C=C=C1C[C@H](N)[C@H](C(=O)O)C1. The Hall–Kier alpha value is -1.05. The fourth-order valence-corrected chi connectivity index (χ4v) is 1.34. The fourth-order valence-electron chi connectivity index (χ4n) is 1.34. The summed E-state index contributed by atoms with van der Waals surface area (Å²) in [4.78, 5) is 10.5. The molecule has 0 aliphatic heterocycles. The molecule has 0 bridgehead atoms.